The highest BCUT2D eigenvalue weighted by Gasteiger charge is 2.52. The highest BCUT2D eigenvalue weighted by Crippen LogP contribution is 2.37. The normalized spacial score (nSPS) is 29.2. The molecule has 0 radical (unpaired) electrons. The van der Waals surface area contributed by atoms with E-state index in [1.54, 1.807) is 0 Å². The number of nitrogens with zero attached hydrogens (tertiary/aromatic N) is 2. The molecule has 170 valence electrons. The Morgan fingerprint density at radius 2 is 1.69 bits per heavy atom. The number of carbonyl (C=O) groups is 1. The fourth-order valence-corrected chi connectivity index (χ4v) is 4.72. The molecule has 7 heteroatoms. The largest absolute Gasteiger partial charge is 0.479 e. The molecule has 0 aliphatic carbocycles. The van der Waals surface area contributed by atoms with Crippen molar-refractivity contribution in [2.24, 2.45) is 5.92 Å². The maximum absolute atomic E-state index is 12.0. The van der Waals surface area contributed by atoms with Gasteiger partial charge in [0.05, 0.1) is 12.2 Å². The minimum absolute atomic E-state index is 0.116. The van der Waals surface area contributed by atoms with Gasteiger partial charge in [0.1, 0.15) is 0 Å². The number of hydrogen-bond donors (Lipinski definition) is 2. The quantitative estimate of drug-likeness (QED) is 0.474. The molecule has 29 heavy (non-hydrogen) atoms. The number of aliphatic carboxylic acids is 1. The molecule has 2 fully saturated rings. The van der Waals surface area contributed by atoms with Gasteiger partial charge in [-0.3, -0.25) is 4.90 Å². The van der Waals surface area contributed by atoms with E-state index in [-0.39, 0.29) is 24.2 Å². The second-order valence-corrected chi connectivity index (χ2v) is 9.18. The van der Waals surface area contributed by atoms with Gasteiger partial charge in [0.25, 0.3) is 0 Å². The minimum atomic E-state index is -1.63. The number of hydrogen-bond acceptors (Lipinski definition) is 6. The van der Waals surface area contributed by atoms with Crippen LogP contribution in [0.2, 0.25) is 0 Å². The molecule has 0 saturated carbocycles. The second kappa shape index (κ2) is 11.6. The SMILES string of the molecule is CC(C)OCCCN1CCC(O)(C(=O)O)C(C2CCCN2CCCOC(C)C)C1. The lowest BCUT2D eigenvalue weighted by atomic mass is 9.75. The van der Waals surface area contributed by atoms with Crippen LogP contribution in [0.4, 0.5) is 0 Å². The van der Waals surface area contributed by atoms with Crippen molar-refractivity contribution in [3.63, 3.8) is 0 Å². The zero-order chi connectivity index (χ0) is 21.4. The van der Waals surface area contributed by atoms with Gasteiger partial charge < -0.3 is 24.6 Å². The lowest BCUT2D eigenvalue weighted by molar-refractivity contribution is -0.176. The lowest BCUT2D eigenvalue weighted by Crippen LogP contribution is -2.62. The highest BCUT2D eigenvalue weighted by atomic mass is 16.5. The fraction of sp³-hybridized carbons (Fsp3) is 0.955. The summed E-state index contributed by atoms with van der Waals surface area (Å²) in [4.78, 5) is 16.7. The maximum atomic E-state index is 12.0. The first-order chi connectivity index (χ1) is 13.7. The molecule has 0 aromatic rings. The monoisotopic (exact) mass is 414 g/mol. The number of likely N-dealkylation sites (tertiary alicyclic amines) is 2. The molecule has 2 saturated heterocycles. The van der Waals surface area contributed by atoms with Crippen LogP contribution in [0, 0.1) is 5.92 Å². The topological polar surface area (TPSA) is 82.5 Å². The minimum Gasteiger partial charge on any atom is -0.479 e. The highest BCUT2D eigenvalue weighted by molar-refractivity contribution is 5.78. The van der Waals surface area contributed by atoms with Crippen LogP contribution in [0.5, 0.6) is 0 Å². The Kier molecular flexibility index (Phi) is 9.82. The molecule has 3 atom stereocenters. The predicted molar refractivity (Wildman–Crippen MR) is 113 cm³/mol. The smallest absolute Gasteiger partial charge is 0.336 e. The van der Waals surface area contributed by atoms with Crippen LogP contribution >= 0.6 is 0 Å². The summed E-state index contributed by atoms with van der Waals surface area (Å²) in [5.41, 5.74) is -1.63. The standard InChI is InChI=1S/C22H42N2O5/c1-17(2)28-14-6-10-23-13-9-22(27,21(25)26)19(16-23)20-8-5-11-24(20)12-7-15-29-18(3)4/h17-20,27H,5-16H2,1-4H3,(H,25,26). The molecule has 2 aliphatic rings. The van der Waals surface area contributed by atoms with Crippen molar-refractivity contribution in [3.8, 4) is 0 Å². The Labute approximate surface area is 176 Å². The molecule has 7 nitrogen and oxygen atoms in total. The summed E-state index contributed by atoms with van der Waals surface area (Å²) in [6, 6.07) is 0.116. The predicted octanol–water partition coefficient (Wildman–Crippen LogP) is 2.22. The lowest BCUT2D eigenvalue weighted by Gasteiger charge is -2.46. The summed E-state index contributed by atoms with van der Waals surface area (Å²) in [7, 11) is 0. The Balaban J connectivity index is 1.96. The van der Waals surface area contributed by atoms with E-state index >= 15 is 0 Å². The molecule has 0 aromatic heterocycles. The van der Waals surface area contributed by atoms with Crippen LogP contribution in [-0.2, 0) is 14.3 Å². The second-order valence-electron chi connectivity index (χ2n) is 9.18. The van der Waals surface area contributed by atoms with Gasteiger partial charge in [0, 0.05) is 57.8 Å². The summed E-state index contributed by atoms with van der Waals surface area (Å²) < 4.78 is 11.3. The Bertz CT molecular complexity index is 502. The number of aliphatic hydroxyl groups is 1. The first-order valence-corrected chi connectivity index (χ1v) is 11.4. The van der Waals surface area contributed by atoms with Gasteiger partial charge in [0.15, 0.2) is 5.60 Å². The number of rotatable bonds is 12. The summed E-state index contributed by atoms with van der Waals surface area (Å²) in [5, 5.41) is 20.9. The number of piperidine rings is 1. The third-order valence-corrected chi connectivity index (χ3v) is 6.24. The molecule has 0 aromatic carbocycles. The van der Waals surface area contributed by atoms with Gasteiger partial charge in [-0.1, -0.05) is 0 Å². The van der Waals surface area contributed by atoms with E-state index in [0.717, 1.165) is 51.9 Å². The molecule has 0 amide bonds. The third-order valence-electron chi connectivity index (χ3n) is 6.24. The first-order valence-electron chi connectivity index (χ1n) is 11.4. The van der Waals surface area contributed by atoms with Crippen molar-refractivity contribution >= 4 is 5.97 Å². The van der Waals surface area contributed by atoms with E-state index < -0.39 is 11.6 Å². The van der Waals surface area contributed by atoms with E-state index in [1.165, 1.54) is 0 Å². The Morgan fingerprint density at radius 3 is 2.28 bits per heavy atom. The van der Waals surface area contributed by atoms with Gasteiger partial charge in [-0.2, -0.15) is 0 Å². The average molecular weight is 415 g/mol. The molecule has 2 rings (SSSR count). The van der Waals surface area contributed by atoms with E-state index in [4.69, 9.17) is 9.47 Å². The first kappa shape index (κ1) is 24.5. The van der Waals surface area contributed by atoms with Gasteiger partial charge in [-0.15, -0.1) is 0 Å². The number of carboxylic acids is 1. The third kappa shape index (κ3) is 7.17. The van der Waals surface area contributed by atoms with Crippen LogP contribution < -0.4 is 0 Å². The van der Waals surface area contributed by atoms with Crippen molar-refractivity contribution in [2.75, 3.05) is 45.9 Å². The molecule has 0 spiro atoms. The summed E-state index contributed by atoms with van der Waals surface area (Å²) in [6.45, 7) is 13.6. The van der Waals surface area contributed by atoms with E-state index in [1.807, 2.05) is 27.7 Å². The molecular formula is C22H42N2O5. The molecule has 2 N–H and O–H groups in total. The maximum Gasteiger partial charge on any atom is 0.336 e. The van der Waals surface area contributed by atoms with Crippen molar-refractivity contribution in [2.45, 2.75) is 83.6 Å². The van der Waals surface area contributed by atoms with Gasteiger partial charge in [0.2, 0.25) is 0 Å². The average Bonchev–Trinajstić information content (AvgIpc) is 3.11. The van der Waals surface area contributed by atoms with Crippen LogP contribution in [0.3, 0.4) is 0 Å². The van der Waals surface area contributed by atoms with Crippen LogP contribution in [-0.4, -0.2) is 95.8 Å². The molecule has 2 aliphatic heterocycles. The van der Waals surface area contributed by atoms with Crippen molar-refractivity contribution in [1.82, 2.24) is 9.80 Å². The summed E-state index contributed by atoms with van der Waals surface area (Å²) in [5.74, 6) is -1.34. The van der Waals surface area contributed by atoms with Crippen molar-refractivity contribution < 1.29 is 24.5 Å². The fourth-order valence-electron chi connectivity index (χ4n) is 4.72. The zero-order valence-corrected chi connectivity index (χ0v) is 18.8. The Hall–Kier alpha value is -0.730. The summed E-state index contributed by atoms with van der Waals surface area (Å²) in [6.07, 6.45) is 4.62. The zero-order valence-electron chi connectivity index (χ0n) is 18.8. The number of carboxylic acid groups (broad SMARTS) is 1. The van der Waals surface area contributed by atoms with Crippen LogP contribution in [0.1, 0.15) is 59.8 Å². The van der Waals surface area contributed by atoms with Crippen molar-refractivity contribution in [3.05, 3.63) is 0 Å². The van der Waals surface area contributed by atoms with Crippen LogP contribution in [0.25, 0.3) is 0 Å². The van der Waals surface area contributed by atoms with E-state index in [0.29, 0.717) is 26.1 Å². The molecule has 0 bridgehead atoms. The van der Waals surface area contributed by atoms with E-state index in [9.17, 15) is 15.0 Å². The Morgan fingerprint density at radius 1 is 1.07 bits per heavy atom. The molecule has 3 unspecified atom stereocenters. The molecular weight excluding hydrogens is 372 g/mol. The van der Waals surface area contributed by atoms with Crippen molar-refractivity contribution in [1.29, 1.82) is 0 Å². The van der Waals surface area contributed by atoms with E-state index in [2.05, 4.69) is 9.80 Å². The van der Waals surface area contributed by atoms with Crippen LogP contribution in [0.15, 0.2) is 0 Å². The van der Waals surface area contributed by atoms with Gasteiger partial charge >= 0.3 is 5.97 Å². The van der Waals surface area contributed by atoms with Gasteiger partial charge in [-0.25, -0.2) is 4.79 Å². The summed E-state index contributed by atoms with van der Waals surface area (Å²) >= 11 is 0. The number of ether oxygens (including phenoxy) is 2. The molecule has 2 heterocycles. The van der Waals surface area contributed by atoms with Gasteiger partial charge in [-0.05, 0) is 59.9 Å².